The Bertz CT molecular complexity index is 1310. The molecular formula is C34H35BN2Si. The van der Waals surface area contributed by atoms with E-state index in [1.165, 1.54) is 11.1 Å². The van der Waals surface area contributed by atoms with Crippen LogP contribution in [0.1, 0.15) is 43.0 Å². The van der Waals surface area contributed by atoms with Gasteiger partial charge in [0.15, 0.2) is 0 Å². The van der Waals surface area contributed by atoms with E-state index in [9.17, 15) is 0 Å². The molecule has 4 heteroatoms. The van der Waals surface area contributed by atoms with Crippen LogP contribution in [0.15, 0.2) is 146 Å². The van der Waals surface area contributed by atoms with Gasteiger partial charge in [-0.15, -0.1) is 5.98 Å². The Morgan fingerprint density at radius 3 is 1.45 bits per heavy atom. The molecule has 1 heterocycles. The van der Waals surface area contributed by atoms with Gasteiger partial charge in [-0.05, 0) is 32.9 Å². The molecule has 2 nitrogen and oxygen atoms in total. The van der Waals surface area contributed by atoms with Crippen molar-refractivity contribution in [2.24, 2.45) is 0 Å². The number of rotatable bonds is 6. The molecule has 2 radical (unpaired) electrons. The molecule has 0 atom stereocenters. The summed E-state index contributed by atoms with van der Waals surface area (Å²) in [5.74, 6) is 1.66. The van der Waals surface area contributed by atoms with Gasteiger partial charge in [0.1, 0.15) is 7.85 Å². The summed E-state index contributed by atoms with van der Waals surface area (Å²) in [5.41, 5.74) is 6.06. The van der Waals surface area contributed by atoms with E-state index >= 15 is 0 Å². The van der Waals surface area contributed by atoms with Gasteiger partial charge in [0.05, 0.1) is 21.0 Å². The van der Waals surface area contributed by atoms with Gasteiger partial charge >= 0.3 is 0 Å². The van der Waals surface area contributed by atoms with Crippen LogP contribution < -0.4 is 0 Å². The monoisotopic (exact) mass is 510 g/mol. The molecule has 0 aliphatic heterocycles. The number of imidazole rings is 1. The molecule has 4 aromatic carbocycles. The third kappa shape index (κ3) is 6.51. The zero-order valence-corrected chi connectivity index (χ0v) is 23.9. The first kappa shape index (κ1) is 27.2. The molecular weight excluding hydrogens is 475 g/mol. The summed E-state index contributed by atoms with van der Waals surface area (Å²) in [5, 5.41) is 0.188. The maximum atomic E-state index is 5.67. The Balaban J connectivity index is 0.000000194. The predicted octanol–water partition coefficient (Wildman–Crippen LogP) is 7.26. The highest BCUT2D eigenvalue weighted by atomic mass is 28.2. The van der Waals surface area contributed by atoms with Crippen LogP contribution in [0.2, 0.25) is 5.04 Å². The fraction of sp³-hybridized carbons (Fsp3) is 0.147. The highest BCUT2D eigenvalue weighted by Crippen LogP contribution is 2.39. The van der Waals surface area contributed by atoms with Crippen LogP contribution in [0.25, 0.3) is 5.57 Å². The Kier molecular flexibility index (Phi) is 8.98. The fourth-order valence-electron chi connectivity index (χ4n) is 5.03. The van der Waals surface area contributed by atoms with E-state index in [1.807, 2.05) is 48.9 Å². The average molecular weight is 511 g/mol. The fourth-order valence-corrected chi connectivity index (χ4v) is 7.82. The van der Waals surface area contributed by atoms with Crippen LogP contribution in [0, 0.1) is 0 Å². The molecule has 0 amide bonds. The molecule has 0 aliphatic carbocycles. The van der Waals surface area contributed by atoms with Gasteiger partial charge < -0.3 is 4.57 Å². The van der Waals surface area contributed by atoms with Crippen LogP contribution in [0.5, 0.6) is 0 Å². The van der Waals surface area contributed by atoms with Gasteiger partial charge in [0.2, 0.25) is 0 Å². The first-order valence-electron chi connectivity index (χ1n) is 13.1. The Hall–Kier alpha value is -3.89. The van der Waals surface area contributed by atoms with Crippen molar-refractivity contribution in [2.45, 2.75) is 31.0 Å². The third-order valence-electron chi connectivity index (χ3n) is 6.57. The highest BCUT2D eigenvalue weighted by Gasteiger charge is 2.39. The molecule has 0 bridgehead atoms. The minimum Gasteiger partial charge on any atom is -0.327 e. The average Bonchev–Trinajstić information content (AvgIpc) is 3.50. The van der Waals surface area contributed by atoms with E-state index in [1.54, 1.807) is 5.98 Å². The highest BCUT2D eigenvalue weighted by molar-refractivity contribution is 6.45. The summed E-state index contributed by atoms with van der Waals surface area (Å²) in [6.07, 6.45) is 5.97. The summed E-state index contributed by atoms with van der Waals surface area (Å²) >= 11 is 0. The predicted molar refractivity (Wildman–Crippen MR) is 165 cm³/mol. The van der Waals surface area contributed by atoms with Gasteiger partial charge in [-0.3, -0.25) is 0 Å². The minimum atomic E-state index is -0.586. The summed E-state index contributed by atoms with van der Waals surface area (Å²) in [4.78, 5) is 4.35. The van der Waals surface area contributed by atoms with Crippen molar-refractivity contribution in [2.75, 3.05) is 0 Å². The van der Waals surface area contributed by atoms with Crippen molar-refractivity contribution < 1.29 is 0 Å². The van der Waals surface area contributed by atoms with Gasteiger partial charge in [-0.2, -0.15) is 0 Å². The second-order valence-corrected chi connectivity index (χ2v) is 14.1. The number of hydrogen-bond donors (Lipinski definition) is 0. The van der Waals surface area contributed by atoms with Crippen molar-refractivity contribution >= 4 is 22.9 Å². The van der Waals surface area contributed by atoms with Crippen molar-refractivity contribution in [3.05, 3.63) is 168 Å². The number of nitrogens with zero attached hydrogens (tertiary/aromatic N) is 2. The van der Waals surface area contributed by atoms with Crippen LogP contribution >= 0.6 is 0 Å². The lowest BCUT2D eigenvalue weighted by atomic mass is 9.92. The van der Waals surface area contributed by atoms with E-state index in [4.69, 9.17) is 7.85 Å². The topological polar surface area (TPSA) is 17.8 Å². The number of benzene rings is 4. The number of aromatic nitrogens is 2. The normalized spacial score (nSPS) is 11.6. The SMILES string of the molecule is CC(C)(C)[SiH2]C(c1ccccc1)(c1ccccc1)n1ccnc1.[B]C=C(c1ccccc1)c1ccccc1. The minimum absolute atomic E-state index is 0.114. The summed E-state index contributed by atoms with van der Waals surface area (Å²) in [6.45, 7) is 7.07. The molecule has 0 aliphatic rings. The molecule has 0 N–H and O–H groups in total. The maximum absolute atomic E-state index is 5.67. The molecule has 188 valence electrons. The summed E-state index contributed by atoms with van der Waals surface area (Å²) in [7, 11) is 5.09. The Morgan fingerprint density at radius 2 is 1.11 bits per heavy atom. The molecule has 0 unspecified atom stereocenters. The zero-order chi connectivity index (χ0) is 26.8. The zero-order valence-electron chi connectivity index (χ0n) is 22.5. The standard InChI is InChI=1S/C20H24N2Si.C14H11B/c1-19(2,3)23-20(22-15-14-21-16-22,17-10-6-4-7-11-17)18-12-8-5-9-13-18;15-11-14(12-7-3-1-4-8-12)13-9-5-2-6-10-13/h4-16H,23H2,1-3H3;1-11H. The molecule has 0 saturated carbocycles. The Morgan fingerprint density at radius 1 is 0.684 bits per heavy atom. The summed E-state index contributed by atoms with van der Waals surface area (Å²) in [6, 6.07) is 42.1. The van der Waals surface area contributed by atoms with E-state index in [2.05, 4.69) is 121 Å². The number of hydrogen-bond acceptors (Lipinski definition) is 1. The smallest absolute Gasteiger partial charge is 0.103 e. The third-order valence-corrected chi connectivity index (χ3v) is 9.32. The van der Waals surface area contributed by atoms with E-state index in [0.29, 0.717) is 5.04 Å². The molecule has 1 aromatic heterocycles. The van der Waals surface area contributed by atoms with E-state index in [0.717, 1.165) is 16.7 Å². The van der Waals surface area contributed by atoms with E-state index in [-0.39, 0.29) is 5.16 Å². The molecule has 0 saturated heterocycles. The molecule has 5 rings (SSSR count). The lowest BCUT2D eigenvalue weighted by Crippen LogP contribution is -2.45. The largest absolute Gasteiger partial charge is 0.327 e. The lowest BCUT2D eigenvalue weighted by Gasteiger charge is -2.41. The first-order valence-corrected chi connectivity index (χ1v) is 14.5. The molecule has 38 heavy (non-hydrogen) atoms. The lowest BCUT2D eigenvalue weighted by molar-refractivity contribution is 0.564. The van der Waals surface area contributed by atoms with Crippen molar-refractivity contribution in [1.82, 2.24) is 9.55 Å². The Labute approximate surface area is 231 Å². The quantitative estimate of drug-likeness (QED) is 0.220. The first-order chi connectivity index (χ1) is 18.4. The van der Waals surface area contributed by atoms with Crippen molar-refractivity contribution in [3.8, 4) is 0 Å². The maximum Gasteiger partial charge on any atom is 0.103 e. The van der Waals surface area contributed by atoms with Crippen LogP contribution in [0.3, 0.4) is 0 Å². The van der Waals surface area contributed by atoms with Crippen LogP contribution in [-0.4, -0.2) is 26.9 Å². The second kappa shape index (κ2) is 12.6. The van der Waals surface area contributed by atoms with E-state index < -0.39 is 9.52 Å². The van der Waals surface area contributed by atoms with Crippen LogP contribution in [-0.2, 0) is 5.16 Å². The van der Waals surface area contributed by atoms with Gasteiger partial charge in [-0.25, -0.2) is 4.98 Å². The van der Waals surface area contributed by atoms with Crippen molar-refractivity contribution in [1.29, 1.82) is 0 Å². The van der Waals surface area contributed by atoms with Gasteiger partial charge in [-0.1, -0.05) is 142 Å². The molecule has 0 fully saturated rings. The summed E-state index contributed by atoms with van der Waals surface area (Å²) < 4.78 is 2.31. The molecule has 0 spiro atoms. The van der Waals surface area contributed by atoms with Crippen LogP contribution in [0.4, 0.5) is 0 Å². The second-order valence-electron chi connectivity index (χ2n) is 10.6. The van der Waals surface area contributed by atoms with Crippen molar-refractivity contribution in [3.63, 3.8) is 0 Å². The molecule has 5 aromatic rings. The van der Waals surface area contributed by atoms with Gasteiger partial charge in [0, 0.05) is 12.4 Å². The van der Waals surface area contributed by atoms with Gasteiger partial charge in [0.25, 0.3) is 0 Å².